The van der Waals surface area contributed by atoms with Crippen LogP contribution in [0.2, 0.25) is 0 Å². The number of hydrogen-bond acceptors (Lipinski definition) is 7. The first kappa shape index (κ1) is 24.1. The van der Waals surface area contributed by atoms with Gasteiger partial charge in [-0.15, -0.1) is 0 Å². The van der Waals surface area contributed by atoms with Crippen LogP contribution < -0.4 is 15.5 Å². The minimum atomic E-state index is -0.652. The summed E-state index contributed by atoms with van der Waals surface area (Å²) in [6.45, 7) is 5.26. The van der Waals surface area contributed by atoms with Gasteiger partial charge in [-0.1, -0.05) is 43.0 Å². The van der Waals surface area contributed by atoms with Gasteiger partial charge in [-0.2, -0.15) is 10.1 Å². The van der Waals surface area contributed by atoms with Gasteiger partial charge in [0.25, 0.3) is 0 Å². The van der Waals surface area contributed by atoms with E-state index in [2.05, 4.69) is 32.3 Å². The van der Waals surface area contributed by atoms with Crippen LogP contribution in [-0.2, 0) is 16.6 Å². The SMILES string of the molecule is C=CC(=O)Nc1cccc(N(C(=O)O[C@H](C)c2ccccc2)c2ccnc(Nc3ccn(C)n3)n2)c1. The Hall–Kier alpha value is -4.99. The zero-order valence-electron chi connectivity index (χ0n) is 19.8. The number of anilines is 5. The highest BCUT2D eigenvalue weighted by Gasteiger charge is 2.24. The molecule has 36 heavy (non-hydrogen) atoms. The van der Waals surface area contributed by atoms with Crippen LogP contribution in [0, 0.1) is 0 Å². The first-order valence-corrected chi connectivity index (χ1v) is 11.1. The van der Waals surface area contributed by atoms with Crippen molar-refractivity contribution in [1.82, 2.24) is 19.7 Å². The highest BCUT2D eigenvalue weighted by atomic mass is 16.6. The smallest absolute Gasteiger partial charge is 0.420 e. The van der Waals surface area contributed by atoms with Crippen LogP contribution in [-0.4, -0.2) is 31.7 Å². The molecule has 0 aliphatic carbocycles. The van der Waals surface area contributed by atoms with Gasteiger partial charge in [-0.25, -0.2) is 14.7 Å². The Morgan fingerprint density at radius 3 is 2.64 bits per heavy atom. The maximum atomic E-state index is 13.5. The molecule has 4 aromatic rings. The lowest BCUT2D eigenvalue weighted by atomic mass is 10.1. The number of nitrogens with one attached hydrogen (secondary N) is 2. The van der Waals surface area contributed by atoms with Gasteiger partial charge in [0.1, 0.15) is 11.9 Å². The summed E-state index contributed by atoms with van der Waals surface area (Å²) in [5.74, 6) is 0.690. The second-order valence-electron chi connectivity index (χ2n) is 7.75. The lowest BCUT2D eigenvalue weighted by Crippen LogP contribution is -2.29. The third-order valence-corrected chi connectivity index (χ3v) is 5.11. The Balaban J connectivity index is 1.68. The molecule has 2 aromatic heterocycles. The largest absolute Gasteiger partial charge is 0.441 e. The van der Waals surface area contributed by atoms with E-state index < -0.39 is 12.2 Å². The standard InChI is InChI=1S/C26H25N7O3/c1-4-24(34)28-20-11-8-12-21(17-20)33(26(35)36-18(2)19-9-6-5-7-10-19)23-13-15-27-25(30-23)29-22-14-16-32(3)31-22/h4-18H,1H2,2-3H3,(H,28,34)(H,27,29,30,31)/t18-/m1/s1. The van der Waals surface area contributed by atoms with Crippen LogP contribution in [0.5, 0.6) is 0 Å². The summed E-state index contributed by atoms with van der Waals surface area (Å²) in [6.07, 6.45) is 3.31. The molecule has 1 atom stereocenters. The minimum Gasteiger partial charge on any atom is -0.441 e. The van der Waals surface area contributed by atoms with E-state index in [-0.39, 0.29) is 17.7 Å². The predicted molar refractivity (Wildman–Crippen MR) is 137 cm³/mol. The Labute approximate surface area is 208 Å². The normalized spacial score (nSPS) is 11.3. The fourth-order valence-electron chi connectivity index (χ4n) is 3.37. The molecule has 0 fully saturated rings. The summed E-state index contributed by atoms with van der Waals surface area (Å²) in [5, 5.41) is 9.99. The molecule has 182 valence electrons. The number of benzene rings is 2. The van der Waals surface area contributed by atoms with Crippen LogP contribution in [0.15, 0.2) is 91.8 Å². The lowest BCUT2D eigenvalue weighted by Gasteiger charge is -2.24. The van der Waals surface area contributed by atoms with Crippen molar-refractivity contribution in [2.45, 2.75) is 13.0 Å². The number of nitrogens with zero attached hydrogens (tertiary/aromatic N) is 5. The Morgan fingerprint density at radius 2 is 1.92 bits per heavy atom. The highest BCUT2D eigenvalue weighted by molar-refractivity contribution is 6.00. The number of aromatic nitrogens is 4. The quantitative estimate of drug-likeness (QED) is 0.335. The van der Waals surface area contributed by atoms with Crippen LogP contribution in [0.1, 0.15) is 18.6 Å². The molecule has 0 saturated carbocycles. The Kier molecular flexibility index (Phi) is 7.35. The summed E-state index contributed by atoms with van der Waals surface area (Å²) < 4.78 is 7.44. The second-order valence-corrected chi connectivity index (χ2v) is 7.75. The molecular weight excluding hydrogens is 458 g/mol. The van der Waals surface area contributed by atoms with Crippen LogP contribution in [0.4, 0.5) is 33.8 Å². The molecular formula is C26H25N7O3. The third kappa shape index (κ3) is 5.92. The minimum absolute atomic E-state index is 0.247. The molecule has 0 radical (unpaired) electrons. The molecule has 0 unspecified atom stereocenters. The Morgan fingerprint density at radius 1 is 1.11 bits per heavy atom. The molecule has 0 aliphatic heterocycles. The summed E-state index contributed by atoms with van der Waals surface area (Å²) in [6, 6.07) is 19.5. The van der Waals surface area contributed by atoms with E-state index in [0.717, 1.165) is 5.56 Å². The molecule has 0 spiro atoms. The number of carbonyl (C=O) groups is 2. The van der Waals surface area contributed by atoms with Crippen molar-refractivity contribution in [3.63, 3.8) is 0 Å². The Bertz CT molecular complexity index is 1370. The number of amides is 2. The van der Waals surface area contributed by atoms with Crippen molar-refractivity contribution in [3.05, 3.63) is 97.3 Å². The summed E-state index contributed by atoms with van der Waals surface area (Å²) in [5.41, 5.74) is 1.76. The molecule has 2 heterocycles. The van der Waals surface area contributed by atoms with E-state index in [4.69, 9.17) is 4.74 Å². The summed E-state index contributed by atoms with van der Waals surface area (Å²) in [4.78, 5) is 35.4. The first-order chi connectivity index (χ1) is 17.4. The van der Waals surface area contributed by atoms with Crippen molar-refractivity contribution in [3.8, 4) is 0 Å². The average molecular weight is 484 g/mol. The van der Waals surface area contributed by atoms with Gasteiger partial charge in [0.15, 0.2) is 5.82 Å². The number of ether oxygens (including phenoxy) is 1. The number of hydrogen-bond donors (Lipinski definition) is 2. The van der Waals surface area contributed by atoms with Gasteiger partial charge in [-0.3, -0.25) is 9.48 Å². The van der Waals surface area contributed by atoms with Gasteiger partial charge in [0.2, 0.25) is 11.9 Å². The molecule has 2 amide bonds. The third-order valence-electron chi connectivity index (χ3n) is 5.11. The van der Waals surface area contributed by atoms with E-state index in [0.29, 0.717) is 17.2 Å². The average Bonchev–Trinajstić information content (AvgIpc) is 3.29. The molecule has 2 N–H and O–H groups in total. The van der Waals surface area contributed by atoms with Crippen molar-refractivity contribution in [2.75, 3.05) is 15.5 Å². The highest BCUT2D eigenvalue weighted by Crippen LogP contribution is 2.30. The molecule has 4 rings (SSSR count). The van der Waals surface area contributed by atoms with Crippen molar-refractivity contribution in [1.29, 1.82) is 0 Å². The molecule has 10 heteroatoms. The van der Waals surface area contributed by atoms with Crippen LogP contribution in [0.25, 0.3) is 0 Å². The summed E-state index contributed by atoms with van der Waals surface area (Å²) in [7, 11) is 1.80. The monoisotopic (exact) mass is 483 g/mol. The maximum Gasteiger partial charge on any atom is 0.420 e. The number of rotatable bonds is 8. The fraction of sp³-hybridized carbons (Fsp3) is 0.115. The molecule has 0 saturated heterocycles. The lowest BCUT2D eigenvalue weighted by molar-refractivity contribution is -0.111. The van der Waals surface area contributed by atoms with E-state index >= 15 is 0 Å². The zero-order valence-corrected chi connectivity index (χ0v) is 19.8. The first-order valence-electron chi connectivity index (χ1n) is 11.1. The van der Waals surface area contributed by atoms with Gasteiger partial charge in [-0.05, 0) is 36.8 Å². The maximum absolute atomic E-state index is 13.5. The van der Waals surface area contributed by atoms with Crippen molar-refractivity contribution < 1.29 is 14.3 Å². The van der Waals surface area contributed by atoms with Crippen molar-refractivity contribution >= 4 is 41.0 Å². The number of aryl methyl sites for hydroxylation is 1. The van der Waals surface area contributed by atoms with E-state index in [9.17, 15) is 9.59 Å². The van der Waals surface area contributed by atoms with Crippen molar-refractivity contribution in [2.24, 2.45) is 7.05 Å². The van der Waals surface area contributed by atoms with Gasteiger partial charge >= 0.3 is 6.09 Å². The predicted octanol–water partition coefficient (Wildman–Crippen LogP) is 5.11. The van der Waals surface area contributed by atoms with Gasteiger partial charge in [0.05, 0.1) is 5.69 Å². The zero-order chi connectivity index (χ0) is 25.5. The molecule has 0 bridgehead atoms. The molecule has 0 aliphatic rings. The summed E-state index contributed by atoms with van der Waals surface area (Å²) >= 11 is 0. The van der Waals surface area contributed by atoms with E-state index in [1.54, 1.807) is 61.2 Å². The number of carbonyl (C=O) groups excluding carboxylic acids is 2. The van der Waals surface area contributed by atoms with Crippen LogP contribution in [0.3, 0.4) is 0 Å². The second kappa shape index (κ2) is 11.0. The van der Waals surface area contributed by atoms with E-state index in [1.807, 2.05) is 30.3 Å². The fourth-order valence-corrected chi connectivity index (χ4v) is 3.37. The topological polar surface area (TPSA) is 114 Å². The molecule has 10 nitrogen and oxygen atoms in total. The van der Waals surface area contributed by atoms with Crippen LogP contribution >= 0.6 is 0 Å². The van der Waals surface area contributed by atoms with E-state index in [1.165, 1.54) is 17.2 Å². The molecule has 2 aromatic carbocycles. The van der Waals surface area contributed by atoms with Gasteiger partial charge < -0.3 is 15.4 Å². The van der Waals surface area contributed by atoms with Gasteiger partial charge in [0, 0.05) is 37.3 Å².